The van der Waals surface area contributed by atoms with Crippen molar-refractivity contribution in [2.75, 3.05) is 32.7 Å². The van der Waals surface area contributed by atoms with Crippen molar-refractivity contribution in [2.45, 2.75) is 31.7 Å². The maximum atomic E-state index is 12.6. The Labute approximate surface area is 179 Å². The number of carbonyl (C=O) groups is 2. The standard InChI is InChI=1S/C25H31N3O2/c29-23(12-7-15-26-25(30)22-13-14-22)27-16-18-28(19-17-27)24(20-8-3-1-4-9-20)21-10-5-2-6-11-21/h1-6,8-11,22,24H,7,12-19H2,(H,26,30). The molecule has 2 aromatic rings. The van der Waals surface area contributed by atoms with Gasteiger partial charge < -0.3 is 10.2 Å². The molecule has 4 rings (SSSR count). The third-order valence-electron chi connectivity index (χ3n) is 6.08. The molecule has 30 heavy (non-hydrogen) atoms. The van der Waals surface area contributed by atoms with Gasteiger partial charge in [-0.15, -0.1) is 0 Å². The van der Waals surface area contributed by atoms with Gasteiger partial charge in [0.25, 0.3) is 0 Å². The highest BCUT2D eigenvalue weighted by Gasteiger charge is 2.30. The Morgan fingerprint density at radius 1 is 0.867 bits per heavy atom. The largest absolute Gasteiger partial charge is 0.356 e. The average molecular weight is 406 g/mol. The molecule has 1 heterocycles. The second-order valence-electron chi connectivity index (χ2n) is 8.31. The summed E-state index contributed by atoms with van der Waals surface area (Å²) in [5.41, 5.74) is 2.57. The predicted octanol–water partition coefficient (Wildman–Crippen LogP) is 3.23. The molecule has 0 spiro atoms. The minimum absolute atomic E-state index is 0.156. The monoisotopic (exact) mass is 405 g/mol. The molecule has 0 unspecified atom stereocenters. The van der Waals surface area contributed by atoms with Gasteiger partial charge in [-0.1, -0.05) is 60.7 Å². The molecule has 1 N–H and O–H groups in total. The number of piperazine rings is 1. The number of hydrogen-bond donors (Lipinski definition) is 1. The van der Waals surface area contributed by atoms with Crippen molar-refractivity contribution in [1.82, 2.24) is 15.1 Å². The summed E-state index contributed by atoms with van der Waals surface area (Å²) in [6.45, 7) is 3.83. The van der Waals surface area contributed by atoms with Crippen molar-refractivity contribution in [3.8, 4) is 0 Å². The number of nitrogens with one attached hydrogen (secondary N) is 1. The summed E-state index contributed by atoms with van der Waals surface area (Å²) in [7, 11) is 0. The summed E-state index contributed by atoms with van der Waals surface area (Å²) in [5, 5.41) is 2.94. The first kappa shape index (κ1) is 20.6. The van der Waals surface area contributed by atoms with Gasteiger partial charge in [0.05, 0.1) is 6.04 Å². The second-order valence-corrected chi connectivity index (χ2v) is 8.31. The zero-order valence-corrected chi connectivity index (χ0v) is 17.5. The third kappa shape index (κ3) is 5.28. The molecule has 5 heteroatoms. The van der Waals surface area contributed by atoms with Crippen LogP contribution in [0.5, 0.6) is 0 Å². The highest BCUT2D eigenvalue weighted by Crippen LogP contribution is 2.30. The predicted molar refractivity (Wildman–Crippen MR) is 118 cm³/mol. The molecule has 1 saturated carbocycles. The van der Waals surface area contributed by atoms with Gasteiger partial charge in [-0.2, -0.15) is 0 Å². The number of hydrogen-bond acceptors (Lipinski definition) is 3. The van der Waals surface area contributed by atoms with Crippen LogP contribution in [0.15, 0.2) is 60.7 Å². The number of amides is 2. The highest BCUT2D eigenvalue weighted by molar-refractivity contribution is 5.81. The molecule has 0 atom stereocenters. The van der Waals surface area contributed by atoms with Crippen molar-refractivity contribution >= 4 is 11.8 Å². The minimum atomic E-state index is 0.156. The number of benzene rings is 2. The first-order valence-corrected chi connectivity index (χ1v) is 11.1. The summed E-state index contributed by atoms with van der Waals surface area (Å²) in [5.74, 6) is 0.589. The van der Waals surface area contributed by atoms with Crippen LogP contribution in [0.1, 0.15) is 42.9 Å². The number of rotatable bonds is 8. The number of nitrogens with zero attached hydrogens (tertiary/aromatic N) is 2. The lowest BCUT2D eigenvalue weighted by Gasteiger charge is -2.40. The Kier molecular flexibility index (Phi) is 6.80. The van der Waals surface area contributed by atoms with E-state index in [2.05, 4.69) is 70.9 Å². The van der Waals surface area contributed by atoms with Crippen LogP contribution in [-0.4, -0.2) is 54.3 Å². The Morgan fingerprint density at radius 2 is 1.43 bits per heavy atom. The van der Waals surface area contributed by atoms with Crippen LogP contribution in [0, 0.1) is 5.92 Å². The fourth-order valence-electron chi connectivity index (χ4n) is 4.21. The van der Waals surface area contributed by atoms with E-state index in [9.17, 15) is 9.59 Å². The van der Waals surface area contributed by atoms with E-state index in [1.165, 1.54) is 11.1 Å². The topological polar surface area (TPSA) is 52.7 Å². The van der Waals surface area contributed by atoms with Gasteiger partial charge in [0.1, 0.15) is 0 Å². The summed E-state index contributed by atoms with van der Waals surface area (Å²) in [4.78, 5) is 28.7. The van der Waals surface area contributed by atoms with Gasteiger partial charge in [0, 0.05) is 45.1 Å². The molecular formula is C25H31N3O2. The molecule has 2 aliphatic rings. The Balaban J connectivity index is 1.29. The van der Waals surface area contributed by atoms with Gasteiger partial charge in [-0.05, 0) is 30.4 Å². The molecule has 0 bridgehead atoms. The Morgan fingerprint density at radius 3 is 1.97 bits per heavy atom. The second kappa shape index (κ2) is 9.90. The van der Waals surface area contributed by atoms with Gasteiger partial charge in [0.15, 0.2) is 0 Å². The molecule has 0 radical (unpaired) electrons. The quantitative estimate of drug-likeness (QED) is 0.686. The van der Waals surface area contributed by atoms with E-state index in [0.717, 1.165) is 39.0 Å². The summed E-state index contributed by atoms with van der Waals surface area (Å²) in [6, 6.07) is 21.4. The molecule has 158 valence electrons. The van der Waals surface area contributed by atoms with Crippen LogP contribution < -0.4 is 5.32 Å². The Bertz CT molecular complexity index is 788. The average Bonchev–Trinajstić information content (AvgIpc) is 3.64. The van der Waals surface area contributed by atoms with E-state index in [0.29, 0.717) is 19.4 Å². The summed E-state index contributed by atoms with van der Waals surface area (Å²) < 4.78 is 0. The van der Waals surface area contributed by atoms with Crippen molar-refractivity contribution < 1.29 is 9.59 Å². The molecule has 1 aliphatic carbocycles. The van der Waals surface area contributed by atoms with Crippen LogP contribution in [-0.2, 0) is 9.59 Å². The normalized spacial score (nSPS) is 17.2. The molecule has 2 aromatic carbocycles. The van der Waals surface area contributed by atoms with Gasteiger partial charge in [0.2, 0.25) is 11.8 Å². The smallest absolute Gasteiger partial charge is 0.223 e. The zero-order valence-electron chi connectivity index (χ0n) is 17.5. The number of carbonyl (C=O) groups excluding carboxylic acids is 2. The van der Waals surface area contributed by atoms with E-state index < -0.39 is 0 Å². The fraction of sp³-hybridized carbons (Fsp3) is 0.440. The van der Waals surface area contributed by atoms with E-state index in [4.69, 9.17) is 0 Å². The van der Waals surface area contributed by atoms with E-state index in [1.54, 1.807) is 0 Å². The Hall–Kier alpha value is -2.66. The molecule has 5 nitrogen and oxygen atoms in total. The van der Waals surface area contributed by atoms with Crippen LogP contribution in [0.3, 0.4) is 0 Å². The van der Waals surface area contributed by atoms with Crippen molar-refractivity contribution in [2.24, 2.45) is 5.92 Å². The van der Waals surface area contributed by atoms with Gasteiger partial charge in [-0.3, -0.25) is 14.5 Å². The molecule has 2 fully saturated rings. The summed E-state index contributed by atoms with van der Waals surface area (Å²) >= 11 is 0. The molecular weight excluding hydrogens is 374 g/mol. The lowest BCUT2D eigenvalue weighted by Crippen LogP contribution is -2.49. The maximum Gasteiger partial charge on any atom is 0.223 e. The lowest BCUT2D eigenvalue weighted by molar-refractivity contribution is -0.133. The molecule has 0 aromatic heterocycles. The van der Waals surface area contributed by atoms with Crippen LogP contribution in [0.2, 0.25) is 0 Å². The SMILES string of the molecule is O=C(NCCCC(=O)N1CCN(C(c2ccccc2)c2ccccc2)CC1)C1CC1. The van der Waals surface area contributed by atoms with Crippen molar-refractivity contribution in [3.63, 3.8) is 0 Å². The molecule has 1 saturated heterocycles. The minimum Gasteiger partial charge on any atom is -0.356 e. The van der Waals surface area contributed by atoms with Crippen LogP contribution in [0.25, 0.3) is 0 Å². The first-order valence-electron chi connectivity index (χ1n) is 11.1. The molecule has 2 amide bonds. The van der Waals surface area contributed by atoms with Gasteiger partial charge >= 0.3 is 0 Å². The summed E-state index contributed by atoms with van der Waals surface area (Å²) in [6.07, 6.45) is 3.25. The fourth-order valence-corrected chi connectivity index (χ4v) is 4.21. The lowest BCUT2D eigenvalue weighted by atomic mass is 9.96. The van der Waals surface area contributed by atoms with Crippen molar-refractivity contribution in [1.29, 1.82) is 0 Å². The van der Waals surface area contributed by atoms with E-state index in [1.807, 2.05) is 4.90 Å². The van der Waals surface area contributed by atoms with Gasteiger partial charge in [-0.25, -0.2) is 0 Å². The van der Waals surface area contributed by atoms with E-state index in [-0.39, 0.29) is 23.8 Å². The van der Waals surface area contributed by atoms with Crippen LogP contribution in [0.4, 0.5) is 0 Å². The van der Waals surface area contributed by atoms with Crippen molar-refractivity contribution in [3.05, 3.63) is 71.8 Å². The highest BCUT2D eigenvalue weighted by atomic mass is 16.2. The van der Waals surface area contributed by atoms with Crippen LogP contribution >= 0.6 is 0 Å². The molecule has 1 aliphatic heterocycles. The zero-order chi connectivity index (χ0) is 20.8. The first-order chi connectivity index (χ1) is 14.7. The third-order valence-corrected chi connectivity index (χ3v) is 6.08. The maximum absolute atomic E-state index is 12.6. The van der Waals surface area contributed by atoms with E-state index >= 15 is 0 Å².